The first-order valence-electron chi connectivity index (χ1n) is 8.87. The van der Waals surface area contributed by atoms with Crippen LogP contribution in [-0.2, 0) is 14.4 Å². The van der Waals surface area contributed by atoms with Crippen LogP contribution in [0.3, 0.4) is 0 Å². The van der Waals surface area contributed by atoms with Crippen molar-refractivity contribution in [2.24, 2.45) is 11.1 Å². The lowest BCUT2D eigenvalue weighted by atomic mass is 9.93. The van der Waals surface area contributed by atoms with Gasteiger partial charge in [0, 0.05) is 11.6 Å². The molecule has 4 rings (SSSR count). The average molecular weight is 380 g/mol. The molecular formula is C21H20N2O5. The Morgan fingerprint density at radius 3 is 2.46 bits per heavy atom. The molecule has 2 amide bonds. The molecule has 2 unspecified atom stereocenters. The zero-order valence-corrected chi connectivity index (χ0v) is 16.1. The molecule has 7 heteroatoms. The van der Waals surface area contributed by atoms with E-state index in [9.17, 15) is 9.59 Å². The van der Waals surface area contributed by atoms with E-state index >= 15 is 0 Å². The van der Waals surface area contributed by atoms with Crippen molar-refractivity contribution < 1.29 is 23.9 Å². The van der Waals surface area contributed by atoms with Gasteiger partial charge < -0.3 is 14.3 Å². The maximum absolute atomic E-state index is 13.2. The highest BCUT2D eigenvalue weighted by molar-refractivity contribution is 6.33. The Morgan fingerprint density at radius 1 is 1.00 bits per heavy atom. The summed E-state index contributed by atoms with van der Waals surface area (Å²) in [4.78, 5) is 32.7. The third-order valence-electron chi connectivity index (χ3n) is 5.09. The smallest absolute Gasteiger partial charge is 0.278 e. The fourth-order valence-corrected chi connectivity index (χ4v) is 3.70. The second-order valence-electron chi connectivity index (χ2n) is 6.85. The third-order valence-corrected chi connectivity index (χ3v) is 5.09. The molecule has 0 aliphatic carbocycles. The first-order valence-corrected chi connectivity index (χ1v) is 8.87. The number of imide groups is 1. The van der Waals surface area contributed by atoms with Crippen molar-refractivity contribution in [1.82, 2.24) is 0 Å². The summed E-state index contributed by atoms with van der Waals surface area (Å²) in [6.07, 6.45) is -0.963. The van der Waals surface area contributed by atoms with E-state index in [1.54, 1.807) is 31.4 Å². The van der Waals surface area contributed by atoms with Crippen molar-refractivity contribution in [1.29, 1.82) is 0 Å². The summed E-state index contributed by atoms with van der Waals surface area (Å²) in [5.41, 5.74) is 3.46. The first kappa shape index (κ1) is 18.0. The van der Waals surface area contributed by atoms with Crippen LogP contribution in [0.5, 0.6) is 11.5 Å². The zero-order valence-electron chi connectivity index (χ0n) is 16.1. The van der Waals surface area contributed by atoms with Crippen LogP contribution in [0.1, 0.15) is 16.7 Å². The van der Waals surface area contributed by atoms with E-state index in [-0.39, 0.29) is 5.91 Å². The fraction of sp³-hybridized carbons (Fsp3) is 0.286. The summed E-state index contributed by atoms with van der Waals surface area (Å²) in [7, 11) is 3.08. The third kappa shape index (κ3) is 2.62. The molecule has 1 saturated heterocycles. The Kier molecular flexibility index (Phi) is 4.30. The van der Waals surface area contributed by atoms with E-state index in [1.807, 2.05) is 26.0 Å². The molecule has 0 bridgehead atoms. The molecule has 0 radical (unpaired) electrons. The molecule has 2 aliphatic heterocycles. The lowest BCUT2D eigenvalue weighted by molar-refractivity contribution is -0.126. The Labute approximate surface area is 162 Å². The van der Waals surface area contributed by atoms with Gasteiger partial charge in [-0.05, 0) is 37.6 Å². The molecule has 2 aromatic rings. The van der Waals surface area contributed by atoms with Crippen LogP contribution in [0.4, 0.5) is 5.69 Å². The molecule has 2 aromatic carbocycles. The lowest BCUT2D eigenvalue weighted by Crippen LogP contribution is -2.33. The number of hydrogen-bond acceptors (Lipinski definition) is 6. The summed E-state index contributed by atoms with van der Waals surface area (Å²) in [5, 5.41) is 4.05. The summed E-state index contributed by atoms with van der Waals surface area (Å²) >= 11 is 0. The quantitative estimate of drug-likeness (QED) is 0.762. The summed E-state index contributed by atoms with van der Waals surface area (Å²) < 4.78 is 10.6. The minimum Gasteiger partial charge on any atom is -0.497 e. The number of anilines is 1. The minimum absolute atomic E-state index is 0.351. The van der Waals surface area contributed by atoms with Crippen LogP contribution >= 0.6 is 0 Å². The second kappa shape index (κ2) is 6.67. The predicted molar refractivity (Wildman–Crippen MR) is 103 cm³/mol. The molecule has 2 heterocycles. The normalized spacial score (nSPS) is 20.7. The summed E-state index contributed by atoms with van der Waals surface area (Å²) in [5.74, 6) is -0.463. The molecule has 1 fully saturated rings. The van der Waals surface area contributed by atoms with Crippen LogP contribution in [0.25, 0.3) is 0 Å². The van der Waals surface area contributed by atoms with Gasteiger partial charge in [0.1, 0.15) is 23.1 Å². The van der Waals surface area contributed by atoms with Gasteiger partial charge in [-0.3, -0.25) is 9.59 Å². The molecule has 0 saturated carbocycles. The van der Waals surface area contributed by atoms with Crippen molar-refractivity contribution in [2.75, 3.05) is 19.1 Å². The number of oxime groups is 1. The van der Waals surface area contributed by atoms with E-state index in [0.29, 0.717) is 28.5 Å². The number of amides is 2. The van der Waals surface area contributed by atoms with Crippen LogP contribution in [0.15, 0.2) is 41.6 Å². The van der Waals surface area contributed by atoms with Crippen LogP contribution < -0.4 is 14.4 Å². The largest absolute Gasteiger partial charge is 0.497 e. The van der Waals surface area contributed by atoms with Crippen molar-refractivity contribution in [2.45, 2.75) is 20.0 Å². The van der Waals surface area contributed by atoms with Gasteiger partial charge in [-0.15, -0.1) is 0 Å². The van der Waals surface area contributed by atoms with Crippen molar-refractivity contribution in [3.63, 3.8) is 0 Å². The van der Waals surface area contributed by atoms with Crippen molar-refractivity contribution in [3.8, 4) is 11.5 Å². The number of methoxy groups -OCH3 is 2. The van der Waals surface area contributed by atoms with Gasteiger partial charge in [0.15, 0.2) is 0 Å². The molecule has 2 atom stereocenters. The zero-order chi connectivity index (χ0) is 20.0. The Balaban J connectivity index is 1.73. The fourth-order valence-electron chi connectivity index (χ4n) is 3.70. The number of rotatable bonds is 4. The van der Waals surface area contributed by atoms with Gasteiger partial charge >= 0.3 is 0 Å². The molecule has 144 valence electrons. The average Bonchev–Trinajstić information content (AvgIpc) is 3.22. The van der Waals surface area contributed by atoms with Crippen molar-refractivity contribution in [3.05, 3.63) is 53.1 Å². The molecule has 2 aliphatic rings. The highest BCUT2D eigenvalue weighted by Gasteiger charge is 2.56. The van der Waals surface area contributed by atoms with Crippen molar-refractivity contribution >= 4 is 23.2 Å². The highest BCUT2D eigenvalue weighted by atomic mass is 16.7. The molecule has 0 N–H and O–H groups in total. The predicted octanol–water partition coefficient (Wildman–Crippen LogP) is 2.61. The number of hydrogen-bond donors (Lipinski definition) is 0. The molecule has 28 heavy (non-hydrogen) atoms. The van der Waals surface area contributed by atoms with Crippen LogP contribution in [-0.4, -0.2) is 37.8 Å². The second-order valence-corrected chi connectivity index (χ2v) is 6.85. The Bertz CT molecular complexity index is 1010. The van der Waals surface area contributed by atoms with E-state index in [2.05, 4.69) is 5.16 Å². The topological polar surface area (TPSA) is 77.4 Å². The van der Waals surface area contributed by atoms with Gasteiger partial charge in [0.25, 0.3) is 5.91 Å². The Hall–Kier alpha value is -3.35. The number of carbonyl (C=O) groups is 2. The first-order chi connectivity index (χ1) is 13.5. The van der Waals surface area contributed by atoms with Gasteiger partial charge in [-0.1, -0.05) is 22.9 Å². The molecule has 0 spiro atoms. The monoisotopic (exact) mass is 380 g/mol. The standard InChI is InChI=1S/C21H20N2O5/c1-11-5-8-15(12(2)9-11)23-20(24)17-18(22-28-19(17)21(23)25)14-7-6-13(26-3)10-16(14)27-4/h5-10,17,19H,1-4H3. The summed E-state index contributed by atoms with van der Waals surface area (Å²) in [6.45, 7) is 3.84. The SMILES string of the molecule is COc1ccc(C2=NOC3C(=O)N(c4ccc(C)cc4C)C(=O)C23)c(OC)c1. The number of fused-ring (bicyclic) bond motifs is 1. The van der Waals surface area contributed by atoms with E-state index in [0.717, 1.165) is 11.1 Å². The Morgan fingerprint density at radius 2 is 1.79 bits per heavy atom. The van der Waals surface area contributed by atoms with E-state index < -0.39 is 17.9 Å². The number of aryl methyl sites for hydroxylation is 2. The summed E-state index contributed by atoms with van der Waals surface area (Å²) in [6, 6.07) is 10.8. The molecular weight excluding hydrogens is 360 g/mol. The molecule has 7 nitrogen and oxygen atoms in total. The minimum atomic E-state index is -0.963. The van der Waals surface area contributed by atoms with E-state index in [4.69, 9.17) is 14.3 Å². The number of nitrogens with zero attached hydrogens (tertiary/aromatic N) is 2. The van der Waals surface area contributed by atoms with Crippen LogP contribution in [0.2, 0.25) is 0 Å². The van der Waals surface area contributed by atoms with Gasteiger partial charge in [-0.2, -0.15) is 0 Å². The van der Waals surface area contributed by atoms with Gasteiger partial charge in [0.05, 0.1) is 19.9 Å². The number of ether oxygens (including phenoxy) is 2. The van der Waals surface area contributed by atoms with E-state index in [1.165, 1.54) is 12.0 Å². The maximum Gasteiger partial charge on any atom is 0.278 e. The van der Waals surface area contributed by atoms with Crippen LogP contribution in [0, 0.1) is 19.8 Å². The number of benzene rings is 2. The number of carbonyl (C=O) groups excluding carboxylic acids is 2. The maximum atomic E-state index is 13.2. The van der Waals surface area contributed by atoms with Gasteiger partial charge in [0.2, 0.25) is 12.0 Å². The molecule has 0 aromatic heterocycles. The lowest BCUT2D eigenvalue weighted by Gasteiger charge is -2.18. The highest BCUT2D eigenvalue weighted by Crippen LogP contribution is 2.38. The van der Waals surface area contributed by atoms with Gasteiger partial charge in [-0.25, -0.2) is 4.90 Å².